The Hall–Kier alpha value is -11.8. The van der Waals surface area contributed by atoms with Gasteiger partial charge in [-0.15, -0.1) is 25.5 Å². The molecule has 0 unspecified atom stereocenters. The maximum Gasteiger partial charge on any atom is 0.316 e. The van der Waals surface area contributed by atoms with Gasteiger partial charge in [-0.3, -0.25) is 19.6 Å². The van der Waals surface area contributed by atoms with Crippen molar-refractivity contribution in [1.29, 1.82) is 0 Å². The number of nitrogens with one attached hydrogen (secondary N) is 2. The summed E-state index contributed by atoms with van der Waals surface area (Å²) in [6, 6.07) is 41.3. The van der Waals surface area contributed by atoms with Gasteiger partial charge < -0.3 is 44.2 Å². The van der Waals surface area contributed by atoms with Crippen LogP contribution in [-0.2, 0) is 32.5 Å². The largest absolute Gasteiger partial charge is 0.461 e. The minimum atomic E-state index is -3.37. The number of nitrogens with two attached hydrogens (primary N) is 1. The maximum absolute atomic E-state index is 14.6. The van der Waals surface area contributed by atoms with Crippen molar-refractivity contribution in [2.45, 2.75) is 70.9 Å². The Labute approximate surface area is 591 Å². The van der Waals surface area contributed by atoms with Crippen molar-refractivity contribution < 1.29 is 44.7 Å². The van der Waals surface area contributed by atoms with E-state index in [4.69, 9.17) is 40.3 Å². The van der Waals surface area contributed by atoms with Gasteiger partial charge in [0.25, 0.3) is 29.5 Å². The number of amides is 1. The molecule has 12 rings (SSSR count). The average Bonchev–Trinajstić information content (AvgIpc) is 1.45. The Morgan fingerprint density at radius 2 is 1.10 bits per heavy atom. The van der Waals surface area contributed by atoms with E-state index in [0.29, 0.717) is 74.3 Å². The predicted octanol–water partition coefficient (Wildman–Crippen LogP) is 14.0. The van der Waals surface area contributed by atoms with E-state index in [1.54, 1.807) is 121 Å². The van der Waals surface area contributed by atoms with Gasteiger partial charge in [0, 0.05) is 84.5 Å². The summed E-state index contributed by atoms with van der Waals surface area (Å²) < 4.78 is 61.7. The molecule has 6 aromatic carbocycles. The third kappa shape index (κ3) is 17.6. The zero-order chi connectivity index (χ0) is 72.2. The molecule has 1 atom stereocenters. The van der Waals surface area contributed by atoms with Crippen molar-refractivity contribution in [3.05, 3.63) is 215 Å². The van der Waals surface area contributed by atoms with E-state index in [9.17, 15) is 22.4 Å². The van der Waals surface area contributed by atoms with E-state index in [1.807, 2.05) is 106 Å². The minimum Gasteiger partial charge on any atom is -0.461 e. The summed E-state index contributed by atoms with van der Waals surface area (Å²) in [5.41, 5.74) is 18.8. The van der Waals surface area contributed by atoms with Gasteiger partial charge in [-0.25, -0.2) is 32.7 Å². The van der Waals surface area contributed by atoms with Crippen molar-refractivity contribution >= 4 is 50.8 Å². The fourth-order valence-electron chi connectivity index (χ4n) is 9.73. The molecule has 0 saturated carbocycles. The van der Waals surface area contributed by atoms with Gasteiger partial charge >= 0.3 is 12.0 Å². The topological polar surface area (TPSA) is 328 Å². The van der Waals surface area contributed by atoms with Gasteiger partial charge in [-0.05, 0) is 125 Å². The molecule has 0 saturated heterocycles. The van der Waals surface area contributed by atoms with E-state index in [1.165, 1.54) is 17.9 Å². The van der Waals surface area contributed by atoms with E-state index in [0.717, 1.165) is 44.6 Å². The second-order valence-electron chi connectivity index (χ2n) is 23.7. The first-order valence-corrected chi connectivity index (χ1v) is 33.4. The number of aryl methyl sites for hydroxylation is 2. The number of nitrogens with zero attached hydrogens (tertiary/aromatic N) is 14. The summed E-state index contributed by atoms with van der Waals surface area (Å²) in [6.07, 6.45) is 4.87. The Balaban J connectivity index is 0.000000215. The average molecular weight is 1410 g/mol. The second-order valence-corrected chi connectivity index (χ2v) is 26.6. The minimum absolute atomic E-state index is 0. The number of sulfone groups is 1. The first-order valence-electron chi connectivity index (χ1n) is 31.5. The first-order chi connectivity index (χ1) is 48.3. The molecule has 0 aliphatic heterocycles. The van der Waals surface area contributed by atoms with E-state index < -0.39 is 20.9 Å². The molecule has 1 amide bonds. The van der Waals surface area contributed by atoms with Crippen LogP contribution in [0.25, 0.3) is 97.1 Å². The Bertz CT molecular complexity index is 5050. The SMILES string of the molecule is C=C(c1ccc(-c2cnc(C)c(-c3nnc(-c4ccc(COC(C)=O)cc4)o3)n2)cc1)N(C)C.CNCc1ccc(-c2nnc(-c3nc(-c4ccc(S(=O)(=O)C(C)C)cc4)cnc3C)o2)c(F)c1.C[C@H](Nc1nnc(-c2nc(-c3ccc(C(=O)N(C)C)cc3)cnc2N)o1)c1ccc(Cl)cc1.[HH].[HH].[HH]. The summed E-state index contributed by atoms with van der Waals surface area (Å²) in [5, 5.41) is 30.8. The summed E-state index contributed by atoms with van der Waals surface area (Å²) in [4.78, 5) is 53.8. The lowest BCUT2D eigenvalue weighted by molar-refractivity contribution is -0.142. The van der Waals surface area contributed by atoms with Crippen molar-refractivity contribution in [3.63, 3.8) is 0 Å². The molecule has 28 heteroatoms. The van der Waals surface area contributed by atoms with Gasteiger partial charge in [-0.1, -0.05) is 102 Å². The number of carbonyl (C=O) groups is 2. The van der Waals surface area contributed by atoms with Crippen LogP contribution in [0.1, 0.15) is 82.0 Å². The van der Waals surface area contributed by atoms with Crippen molar-refractivity contribution in [2.75, 3.05) is 46.3 Å². The van der Waals surface area contributed by atoms with Crippen LogP contribution in [0.15, 0.2) is 183 Å². The van der Waals surface area contributed by atoms with Crippen molar-refractivity contribution in [2.24, 2.45) is 0 Å². The third-order valence-corrected chi connectivity index (χ3v) is 18.0. The number of esters is 1. The van der Waals surface area contributed by atoms with E-state index >= 15 is 0 Å². The highest BCUT2D eigenvalue weighted by Gasteiger charge is 2.24. The Kier molecular flexibility index (Phi) is 22.7. The highest BCUT2D eigenvalue weighted by atomic mass is 35.5. The lowest BCUT2D eigenvalue weighted by atomic mass is 10.1. The molecule has 4 N–H and O–H groups in total. The number of aromatic nitrogens is 12. The number of nitrogen functional groups attached to an aromatic ring is 1. The quantitative estimate of drug-likeness (QED) is 0.0597. The maximum atomic E-state index is 14.6. The molecule has 0 fully saturated rings. The molecule has 0 spiro atoms. The summed E-state index contributed by atoms with van der Waals surface area (Å²) >= 11 is 5.95. The number of carbonyl (C=O) groups excluding carboxylic acids is 2. The molecule has 0 radical (unpaired) electrons. The zero-order valence-corrected chi connectivity index (χ0v) is 58.6. The molecule has 522 valence electrons. The van der Waals surface area contributed by atoms with E-state index in [2.05, 4.69) is 72.7 Å². The lowest BCUT2D eigenvalue weighted by Gasteiger charge is -2.16. The number of benzene rings is 6. The zero-order valence-electron chi connectivity index (χ0n) is 57.1. The van der Waals surface area contributed by atoms with Crippen LogP contribution in [-0.4, -0.2) is 131 Å². The van der Waals surface area contributed by atoms with Crippen LogP contribution in [0.3, 0.4) is 0 Å². The van der Waals surface area contributed by atoms with Crippen molar-refractivity contribution in [3.8, 4) is 91.4 Å². The molecule has 25 nitrogen and oxygen atoms in total. The summed E-state index contributed by atoms with van der Waals surface area (Å²) in [5.74, 6) is 0.263. The first kappa shape index (κ1) is 71.9. The summed E-state index contributed by atoms with van der Waals surface area (Å²) in [6.45, 7) is 15.1. The fraction of sp³-hybridized carbons (Fsp3) is 0.205. The van der Waals surface area contributed by atoms with Crippen LogP contribution in [0.4, 0.5) is 16.2 Å². The van der Waals surface area contributed by atoms with Gasteiger partial charge in [0.15, 0.2) is 21.3 Å². The van der Waals surface area contributed by atoms with E-state index in [-0.39, 0.29) is 74.5 Å². The number of rotatable bonds is 20. The number of ether oxygens (including phenoxy) is 1. The molecular weight excluding hydrogens is 1330 g/mol. The van der Waals surface area contributed by atoms with Crippen molar-refractivity contribution in [1.82, 2.24) is 75.6 Å². The molecule has 0 bridgehead atoms. The smallest absolute Gasteiger partial charge is 0.316 e. The van der Waals surface area contributed by atoms with Gasteiger partial charge in [-0.2, -0.15) is 0 Å². The molecule has 6 heterocycles. The molecule has 12 aromatic rings. The van der Waals surface area contributed by atoms with Crippen LogP contribution in [0, 0.1) is 19.7 Å². The number of hydrogen-bond donors (Lipinski definition) is 3. The van der Waals surface area contributed by atoms with Gasteiger partial charge in [0.05, 0.1) is 68.8 Å². The predicted molar refractivity (Wildman–Crippen MR) is 388 cm³/mol. The monoisotopic (exact) mass is 1410 g/mol. The normalized spacial score (nSPS) is 11.4. The highest BCUT2D eigenvalue weighted by molar-refractivity contribution is 7.92. The van der Waals surface area contributed by atoms with Gasteiger partial charge in [0.2, 0.25) is 5.89 Å². The van der Waals surface area contributed by atoms with Gasteiger partial charge in [0.1, 0.15) is 23.8 Å². The highest BCUT2D eigenvalue weighted by Crippen LogP contribution is 2.33. The van der Waals surface area contributed by atoms with Crippen LogP contribution < -0.4 is 16.4 Å². The fourth-order valence-corrected chi connectivity index (χ4v) is 10.9. The molecule has 101 heavy (non-hydrogen) atoms. The Morgan fingerprint density at radius 1 is 0.614 bits per heavy atom. The lowest BCUT2D eigenvalue weighted by Crippen LogP contribution is -2.21. The Morgan fingerprint density at radius 3 is 1.63 bits per heavy atom. The molecule has 6 aromatic heterocycles. The number of hydrogen-bond acceptors (Lipinski definition) is 24. The molecular formula is C73H77ClFN17O8S. The molecule has 0 aliphatic carbocycles. The second kappa shape index (κ2) is 31.8. The molecule has 0 aliphatic rings. The number of anilines is 2. The van der Waals surface area contributed by atoms with Crippen LogP contribution in [0.2, 0.25) is 5.02 Å². The third-order valence-electron chi connectivity index (χ3n) is 15.6. The number of halogens is 2. The van der Waals surface area contributed by atoms with Crippen LogP contribution >= 0.6 is 11.6 Å². The standard InChI is InChI=1S/C26H25N5O3.C24H24FN5O3S.C23H22ClN7O2.3H2/c1-16-24(28-23(14-27-16)21-12-10-20(11-13-21)17(2)31(4)5)26-30-29-25(34-26)22-8-6-19(7-9-22)15-33-18(3)32;1-14(2)34(31,32)18-8-6-17(7-9-18)21-13-27-15(3)22(28-21)24-30-29-23(33-24)19-10-5-16(12-26-4)11-20(19)25;1-13(14-8-10-17(24)11-9-14)27-23-30-29-21(33-23)19-20(25)26-12-18(28-19)15-4-6-16(7-5-15)22(32)31(2)3;;;/h6-14H,2,15H2,1,3-5H3;5-11,13-14,26H,12H2,1-4H3;4-13H,1-3H3,(H2,25,26)(H,27,30);3*1H/t;;13-;;;/m..0.../s1. The van der Waals surface area contributed by atoms with Crippen LogP contribution in [0.5, 0.6) is 0 Å². The summed E-state index contributed by atoms with van der Waals surface area (Å²) in [7, 11) is 5.75.